The molecule has 0 bridgehead atoms. The van der Waals surface area contributed by atoms with E-state index in [0.29, 0.717) is 22.4 Å². The standard InChI is InChI=1S/C17H15N3O5/c1-24-15(21)9-3-5-11(16(22)25-2)13(7-9)18-10-4-6-12-14(8-10)20-17(23)19-12/h3-8,18H,1-2H3,(H2,19,20,23). The molecule has 0 fully saturated rings. The number of aromatic amines is 2. The van der Waals surface area contributed by atoms with Crippen molar-refractivity contribution in [3.63, 3.8) is 0 Å². The molecule has 2 aromatic carbocycles. The van der Waals surface area contributed by atoms with Crippen LogP contribution >= 0.6 is 0 Å². The smallest absolute Gasteiger partial charge is 0.339 e. The molecular formula is C17H15N3O5. The predicted octanol–water partition coefficient (Wildman–Crippen LogP) is 2.17. The van der Waals surface area contributed by atoms with Crippen LogP contribution in [0.3, 0.4) is 0 Å². The Kier molecular flexibility index (Phi) is 4.25. The maximum atomic E-state index is 12.0. The number of hydrogen-bond donors (Lipinski definition) is 3. The van der Waals surface area contributed by atoms with Crippen LogP contribution in [0.15, 0.2) is 41.2 Å². The minimum absolute atomic E-state index is 0.262. The third-order valence-electron chi connectivity index (χ3n) is 3.64. The highest BCUT2D eigenvalue weighted by Gasteiger charge is 2.16. The van der Waals surface area contributed by atoms with Crippen LogP contribution in [0.1, 0.15) is 20.7 Å². The first kappa shape index (κ1) is 16.3. The van der Waals surface area contributed by atoms with E-state index in [1.807, 2.05) is 0 Å². The van der Waals surface area contributed by atoms with Crippen LogP contribution in [0.25, 0.3) is 11.0 Å². The molecule has 1 heterocycles. The fourth-order valence-corrected chi connectivity index (χ4v) is 2.45. The first-order chi connectivity index (χ1) is 12.0. The lowest BCUT2D eigenvalue weighted by molar-refractivity contribution is 0.0587. The van der Waals surface area contributed by atoms with Gasteiger partial charge in [0, 0.05) is 5.69 Å². The Morgan fingerprint density at radius 3 is 2.36 bits per heavy atom. The monoisotopic (exact) mass is 341 g/mol. The molecule has 3 rings (SSSR count). The second kappa shape index (κ2) is 6.52. The van der Waals surface area contributed by atoms with Gasteiger partial charge >= 0.3 is 17.6 Å². The average Bonchev–Trinajstić information content (AvgIpc) is 2.99. The number of anilines is 2. The largest absolute Gasteiger partial charge is 0.465 e. The van der Waals surface area contributed by atoms with Crippen LogP contribution in [0, 0.1) is 0 Å². The van der Waals surface area contributed by atoms with Crippen molar-refractivity contribution in [2.45, 2.75) is 0 Å². The van der Waals surface area contributed by atoms with Gasteiger partial charge in [0.15, 0.2) is 0 Å². The molecule has 8 heteroatoms. The van der Waals surface area contributed by atoms with Gasteiger partial charge in [-0.2, -0.15) is 0 Å². The second-order valence-electron chi connectivity index (χ2n) is 5.21. The first-order valence-electron chi connectivity index (χ1n) is 7.31. The van der Waals surface area contributed by atoms with Gasteiger partial charge in [-0.15, -0.1) is 0 Å². The van der Waals surface area contributed by atoms with Gasteiger partial charge in [0.2, 0.25) is 0 Å². The van der Waals surface area contributed by atoms with Gasteiger partial charge < -0.3 is 24.8 Å². The number of methoxy groups -OCH3 is 2. The molecule has 0 aliphatic rings. The van der Waals surface area contributed by atoms with E-state index >= 15 is 0 Å². The van der Waals surface area contributed by atoms with E-state index in [-0.39, 0.29) is 16.8 Å². The van der Waals surface area contributed by atoms with Gasteiger partial charge in [-0.25, -0.2) is 14.4 Å². The average molecular weight is 341 g/mol. The van der Waals surface area contributed by atoms with Crippen LogP contribution < -0.4 is 11.0 Å². The SMILES string of the molecule is COC(=O)c1ccc(C(=O)OC)c(Nc2ccc3[nH]c(=O)[nH]c3c2)c1. The van der Waals surface area contributed by atoms with Crippen molar-refractivity contribution in [3.05, 3.63) is 58.0 Å². The number of carbonyl (C=O) groups is 2. The van der Waals surface area contributed by atoms with Crippen molar-refractivity contribution in [1.82, 2.24) is 9.97 Å². The maximum Gasteiger partial charge on any atom is 0.339 e. The van der Waals surface area contributed by atoms with E-state index < -0.39 is 11.9 Å². The normalized spacial score (nSPS) is 10.5. The minimum Gasteiger partial charge on any atom is -0.465 e. The molecule has 0 unspecified atom stereocenters. The lowest BCUT2D eigenvalue weighted by atomic mass is 10.1. The van der Waals surface area contributed by atoms with Crippen molar-refractivity contribution < 1.29 is 19.1 Å². The number of nitrogens with one attached hydrogen (secondary N) is 3. The molecule has 0 atom stereocenters. The summed E-state index contributed by atoms with van der Waals surface area (Å²) < 4.78 is 9.47. The fraction of sp³-hybridized carbons (Fsp3) is 0.118. The molecule has 25 heavy (non-hydrogen) atoms. The summed E-state index contributed by atoms with van der Waals surface area (Å²) in [6.07, 6.45) is 0. The Bertz CT molecular complexity index is 1020. The third-order valence-corrected chi connectivity index (χ3v) is 3.64. The first-order valence-corrected chi connectivity index (χ1v) is 7.31. The minimum atomic E-state index is -0.546. The topological polar surface area (TPSA) is 113 Å². The van der Waals surface area contributed by atoms with Gasteiger partial charge in [0.25, 0.3) is 0 Å². The highest BCUT2D eigenvalue weighted by molar-refractivity contribution is 6.00. The van der Waals surface area contributed by atoms with E-state index in [9.17, 15) is 14.4 Å². The summed E-state index contributed by atoms with van der Waals surface area (Å²) in [4.78, 5) is 40.3. The molecule has 0 saturated heterocycles. The Labute approximate surface area is 141 Å². The van der Waals surface area contributed by atoms with Crippen molar-refractivity contribution in [2.24, 2.45) is 0 Å². The molecule has 0 amide bonds. The molecular weight excluding hydrogens is 326 g/mol. The summed E-state index contributed by atoms with van der Waals surface area (Å²) in [6, 6.07) is 9.63. The molecule has 0 spiro atoms. The van der Waals surface area contributed by atoms with Crippen molar-refractivity contribution in [1.29, 1.82) is 0 Å². The van der Waals surface area contributed by atoms with Gasteiger partial charge in [-0.3, -0.25) is 0 Å². The Morgan fingerprint density at radius 1 is 0.920 bits per heavy atom. The number of aromatic nitrogens is 2. The zero-order valence-electron chi connectivity index (χ0n) is 13.5. The quantitative estimate of drug-likeness (QED) is 0.627. The molecule has 8 nitrogen and oxygen atoms in total. The van der Waals surface area contributed by atoms with Gasteiger partial charge in [0.05, 0.1) is 42.1 Å². The van der Waals surface area contributed by atoms with E-state index in [2.05, 4.69) is 15.3 Å². The summed E-state index contributed by atoms with van der Waals surface area (Å²) in [7, 11) is 2.55. The lowest BCUT2D eigenvalue weighted by Gasteiger charge is -2.12. The Morgan fingerprint density at radius 2 is 1.64 bits per heavy atom. The van der Waals surface area contributed by atoms with E-state index in [0.717, 1.165) is 0 Å². The van der Waals surface area contributed by atoms with Gasteiger partial charge in [-0.1, -0.05) is 0 Å². The van der Waals surface area contributed by atoms with Crippen LogP contribution in [-0.4, -0.2) is 36.1 Å². The summed E-state index contributed by atoms with van der Waals surface area (Å²) >= 11 is 0. The highest BCUT2D eigenvalue weighted by atomic mass is 16.5. The van der Waals surface area contributed by atoms with Crippen LogP contribution in [-0.2, 0) is 9.47 Å². The molecule has 0 aliphatic carbocycles. The summed E-state index contributed by atoms with van der Waals surface area (Å²) in [5.74, 6) is -1.07. The zero-order chi connectivity index (χ0) is 18.0. The number of hydrogen-bond acceptors (Lipinski definition) is 6. The summed E-state index contributed by atoms with van der Waals surface area (Å²) in [5.41, 5.74) is 2.51. The molecule has 1 aromatic heterocycles. The number of ether oxygens (including phenoxy) is 2. The number of carbonyl (C=O) groups excluding carboxylic acids is 2. The molecule has 0 aliphatic heterocycles. The number of esters is 2. The lowest BCUT2D eigenvalue weighted by Crippen LogP contribution is -2.08. The molecule has 0 radical (unpaired) electrons. The number of imidazole rings is 1. The highest BCUT2D eigenvalue weighted by Crippen LogP contribution is 2.25. The molecule has 128 valence electrons. The summed E-state index contributed by atoms with van der Waals surface area (Å²) in [5, 5.41) is 3.06. The van der Waals surface area contributed by atoms with Gasteiger partial charge in [-0.05, 0) is 36.4 Å². The fourth-order valence-electron chi connectivity index (χ4n) is 2.45. The van der Waals surface area contributed by atoms with E-state index in [1.54, 1.807) is 18.2 Å². The van der Waals surface area contributed by atoms with Crippen molar-refractivity contribution >= 4 is 34.3 Å². The Balaban J connectivity index is 2.04. The van der Waals surface area contributed by atoms with Crippen molar-refractivity contribution in [3.8, 4) is 0 Å². The Hall–Kier alpha value is -3.55. The molecule has 3 aromatic rings. The zero-order valence-corrected chi connectivity index (χ0v) is 13.5. The third kappa shape index (κ3) is 3.23. The number of H-pyrrole nitrogens is 2. The number of benzene rings is 2. The summed E-state index contributed by atoms with van der Waals surface area (Å²) in [6.45, 7) is 0. The van der Waals surface area contributed by atoms with E-state index in [1.165, 1.54) is 32.4 Å². The molecule has 0 saturated carbocycles. The van der Waals surface area contributed by atoms with Crippen molar-refractivity contribution in [2.75, 3.05) is 19.5 Å². The number of fused-ring (bicyclic) bond motifs is 1. The van der Waals surface area contributed by atoms with Crippen LogP contribution in [0.4, 0.5) is 11.4 Å². The van der Waals surface area contributed by atoms with Gasteiger partial charge in [0.1, 0.15) is 0 Å². The van der Waals surface area contributed by atoms with E-state index in [4.69, 9.17) is 9.47 Å². The van der Waals surface area contributed by atoms with Crippen LogP contribution in [0.2, 0.25) is 0 Å². The van der Waals surface area contributed by atoms with Crippen LogP contribution in [0.5, 0.6) is 0 Å². The second-order valence-corrected chi connectivity index (χ2v) is 5.21. The number of rotatable bonds is 4. The molecule has 3 N–H and O–H groups in total. The predicted molar refractivity (Wildman–Crippen MR) is 91.3 cm³/mol. The maximum absolute atomic E-state index is 12.0.